The molecular weight excluding hydrogens is 433 g/mol. The van der Waals surface area contributed by atoms with Gasteiger partial charge in [-0.2, -0.15) is 18.3 Å². The van der Waals surface area contributed by atoms with Crippen molar-refractivity contribution in [1.82, 2.24) is 9.78 Å². The van der Waals surface area contributed by atoms with E-state index < -0.39 is 34.6 Å². The highest BCUT2D eigenvalue weighted by Crippen LogP contribution is 2.29. The molecule has 0 spiro atoms. The number of esters is 1. The maximum absolute atomic E-state index is 12.6. The van der Waals surface area contributed by atoms with E-state index in [9.17, 15) is 32.9 Å². The average molecular weight is 450 g/mol. The zero-order valence-corrected chi connectivity index (χ0v) is 16.6. The van der Waals surface area contributed by atoms with Gasteiger partial charge in [-0.15, -0.1) is 0 Å². The number of nitro benzene ring substituents is 1. The van der Waals surface area contributed by atoms with E-state index in [4.69, 9.17) is 4.74 Å². The lowest BCUT2D eigenvalue weighted by Gasteiger charge is -2.14. The third kappa shape index (κ3) is 5.39. The predicted molar refractivity (Wildman–Crippen MR) is 107 cm³/mol. The molecule has 3 aromatic rings. The van der Waals surface area contributed by atoms with E-state index in [2.05, 4.69) is 10.4 Å². The summed E-state index contributed by atoms with van der Waals surface area (Å²) < 4.78 is 44.2. The van der Waals surface area contributed by atoms with Crippen molar-refractivity contribution in [3.05, 3.63) is 64.3 Å². The molecule has 168 valence electrons. The van der Waals surface area contributed by atoms with Crippen LogP contribution in [0.4, 0.5) is 24.5 Å². The molecule has 12 heteroatoms. The fourth-order valence-electron chi connectivity index (χ4n) is 2.84. The van der Waals surface area contributed by atoms with E-state index in [-0.39, 0.29) is 24.3 Å². The van der Waals surface area contributed by atoms with Crippen LogP contribution in [-0.2, 0) is 27.0 Å². The monoisotopic (exact) mass is 450 g/mol. The zero-order valence-electron chi connectivity index (χ0n) is 16.6. The Kier molecular flexibility index (Phi) is 6.42. The lowest BCUT2D eigenvalue weighted by molar-refractivity contribution is -0.384. The van der Waals surface area contributed by atoms with Gasteiger partial charge in [0, 0.05) is 23.2 Å². The quantitative estimate of drug-likeness (QED) is 0.331. The number of nitrogens with one attached hydrogen (secondary N) is 1. The largest absolute Gasteiger partial charge is 0.452 e. The van der Waals surface area contributed by atoms with Crippen molar-refractivity contribution in [3.8, 4) is 0 Å². The first-order valence-corrected chi connectivity index (χ1v) is 9.32. The van der Waals surface area contributed by atoms with Crippen molar-refractivity contribution in [3.63, 3.8) is 0 Å². The number of hydrogen-bond donors (Lipinski definition) is 1. The van der Waals surface area contributed by atoms with Crippen LogP contribution in [0.15, 0.2) is 48.7 Å². The molecule has 0 unspecified atom stereocenters. The number of halogens is 3. The van der Waals surface area contributed by atoms with E-state index in [1.807, 2.05) is 0 Å². The summed E-state index contributed by atoms with van der Waals surface area (Å²) in [4.78, 5) is 34.6. The first kappa shape index (κ1) is 22.7. The van der Waals surface area contributed by atoms with Crippen LogP contribution in [0.3, 0.4) is 0 Å². The Balaban J connectivity index is 1.54. The van der Waals surface area contributed by atoms with Gasteiger partial charge < -0.3 is 10.1 Å². The first-order valence-electron chi connectivity index (χ1n) is 9.32. The molecule has 0 aliphatic carbocycles. The first-order chi connectivity index (χ1) is 15.0. The number of alkyl halides is 3. The Morgan fingerprint density at radius 2 is 1.91 bits per heavy atom. The second-order valence-corrected chi connectivity index (χ2v) is 6.81. The molecule has 1 heterocycles. The molecule has 0 fully saturated rings. The predicted octanol–water partition coefficient (Wildman–Crippen LogP) is 3.92. The molecular formula is C20H17F3N4O5. The molecule has 0 saturated carbocycles. The number of carbonyl (C=O) groups excluding carboxylic acids is 2. The standard InChI is InChI=1S/C20H17F3N4O5/c1-12(19(29)25-15-5-3-14(4-6-15)20(21,22)23)32-18(28)8-9-26-17-10-16(27(30)31)7-2-13(17)11-24-26/h2-7,10-12H,8-9H2,1H3,(H,25,29)/t12-/m1/s1. The number of amides is 1. The number of rotatable bonds is 7. The van der Waals surface area contributed by atoms with Gasteiger partial charge in [0.15, 0.2) is 6.10 Å². The summed E-state index contributed by atoms with van der Waals surface area (Å²) in [5, 5.41) is 18.1. The van der Waals surface area contributed by atoms with Crippen LogP contribution in [0, 0.1) is 10.1 Å². The van der Waals surface area contributed by atoms with Crippen molar-refractivity contribution >= 4 is 34.2 Å². The van der Waals surface area contributed by atoms with Crippen LogP contribution in [0.2, 0.25) is 0 Å². The summed E-state index contributed by atoms with van der Waals surface area (Å²) in [6, 6.07) is 8.07. The van der Waals surface area contributed by atoms with Crippen LogP contribution in [0.5, 0.6) is 0 Å². The second kappa shape index (κ2) is 9.04. The summed E-state index contributed by atoms with van der Waals surface area (Å²) in [5.41, 5.74) is -0.377. The summed E-state index contributed by atoms with van der Waals surface area (Å²) in [6.07, 6.45) is -4.34. The highest BCUT2D eigenvalue weighted by atomic mass is 19.4. The van der Waals surface area contributed by atoms with Gasteiger partial charge in [0.1, 0.15) is 0 Å². The smallest absolute Gasteiger partial charge is 0.416 e. The lowest BCUT2D eigenvalue weighted by Crippen LogP contribution is -2.30. The maximum atomic E-state index is 12.6. The third-order valence-corrected chi connectivity index (χ3v) is 4.52. The minimum atomic E-state index is -4.49. The Labute approximate surface area is 178 Å². The van der Waals surface area contributed by atoms with Crippen LogP contribution >= 0.6 is 0 Å². The number of carbonyl (C=O) groups is 2. The van der Waals surface area contributed by atoms with E-state index in [1.165, 1.54) is 29.9 Å². The average Bonchev–Trinajstić information content (AvgIpc) is 3.14. The zero-order chi connectivity index (χ0) is 23.5. The van der Waals surface area contributed by atoms with Gasteiger partial charge in [-0.3, -0.25) is 24.4 Å². The van der Waals surface area contributed by atoms with Crippen LogP contribution in [0.25, 0.3) is 10.9 Å². The van der Waals surface area contributed by atoms with Crippen molar-refractivity contribution < 1.29 is 32.4 Å². The molecule has 0 aliphatic rings. The van der Waals surface area contributed by atoms with E-state index >= 15 is 0 Å². The SMILES string of the molecule is C[C@@H](OC(=O)CCn1ncc2ccc([N+](=O)[O-])cc21)C(=O)Nc1ccc(C(F)(F)F)cc1. The van der Waals surface area contributed by atoms with Gasteiger partial charge in [-0.05, 0) is 37.3 Å². The lowest BCUT2D eigenvalue weighted by atomic mass is 10.2. The van der Waals surface area contributed by atoms with Gasteiger partial charge in [0.05, 0.1) is 35.2 Å². The number of benzene rings is 2. The molecule has 9 nitrogen and oxygen atoms in total. The summed E-state index contributed by atoms with van der Waals surface area (Å²) >= 11 is 0. The Morgan fingerprint density at radius 3 is 2.53 bits per heavy atom. The molecule has 1 aromatic heterocycles. The summed E-state index contributed by atoms with van der Waals surface area (Å²) in [5.74, 6) is -1.42. The van der Waals surface area contributed by atoms with E-state index in [0.29, 0.717) is 10.9 Å². The number of non-ortho nitro benzene ring substituents is 1. The summed E-state index contributed by atoms with van der Waals surface area (Å²) in [7, 11) is 0. The fraction of sp³-hybridized carbons (Fsp3) is 0.250. The number of ether oxygens (including phenoxy) is 1. The number of fused-ring (bicyclic) bond motifs is 1. The van der Waals surface area contributed by atoms with Crippen molar-refractivity contribution in [2.75, 3.05) is 5.32 Å². The Hall–Kier alpha value is -3.96. The number of nitrogens with zero attached hydrogens (tertiary/aromatic N) is 3. The number of aromatic nitrogens is 2. The number of anilines is 1. The molecule has 32 heavy (non-hydrogen) atoms. The highest BCUT2D eigenvalue weighted by Gasteiger charge is 2.30. The molecule has 1 atom stereocenters. The Bertz CT molecular complexity index is 1160. The minimum absolute atomic E-state index is 0.0662. The molecule has 0 bridgehead atoms. The van der Waals surface area contributed by atoms with Gasteiger partial charge >= 0.3 is 12.1 Å². The van der Waals surface area contributed by atoms with Crippen molar-refractivity contribution in [1.29, 1.82) is 0 Å². The number of nitro groups is 1. The Morgan fingerprint density at radius 1 is 1.22 bits per heavy atom. The summed E-state index contributed by atoms with van der Waals surface area (Å²) in [6.45, 7) is 1.39. The molecule has 0 radical (unpaired) electrons. The van der Waals surface area contributed by atoms with Gasteiger partial charge in [0.2, 0.25) is 0 Å². The fourth-order valence-corrected chi connectivity index (χ4v) is 2.84. The van der Waals surface area contributed by atoms with Crippen LogP contribution in [0.1, 0.15) is 18.9 Å². The molecule has 0 aliphatic heterocycles. The number of aryl methyl sites for hydroxylation is 1. The van der Waals surface area contributed by atoms with Gasteiger partial charge in [-0.25, -0.2) is 0 Å². The molecule has 1 N–H and O–H groups in total. The molecule has 3 rings (SSSR count). The van der Waals surface area contributed by atoms with Crippen molar-refractivity contribution in [2.24, 2.45) is 0 Å². The third-order valence-electron chi connectivity index (χ3n) is 4.52. The van der Waals surface area contributed by atoms with Gasteiger partial charge in [-0.1, -0.05) is 0 Å². The van der Waals surface area contributed by atoms with Crippen LogP contribution < -0.4 is 5.32 Å². The highest BCUT2D eigenvalue weighted by molar-refractivity contribution is 5.95. The second-order valence-electron chi connectivity index (χ2n) is 6.81. The molecule has 1 amide bonds. The molecule has 0 saturated heterocycles. The maximum Gasteiger partial charge on any atom is 0.416 e. The number of hydrogen-bond acceptors (Lipinski definition) is 6. The van der Waals surface area contributed by atoms with Crippen LogP contribution in [-0.4, -0.2) is 32.7 Å². The minimum Gasteiger partial charge on any atom is -0.452 e. The topological polar surface area (TPSA) is 116 Å². The van der Waals surface area contributed by atoms with Crippen molar-refractivity contribution in [2.45, 2.75) is 32.2 Å². The van der Waals surface area contributed by atoms with E-state index in [1.54, 1.807) is 6.07 Å². The van der Waals surface area contributed by atoms with Gasteiger partial charge in [0.25, 0.3) is 11.6 Å². The normalized spacial score (nSPS) is 12.4. The van der Waals surface area contributed by atoms with E-state index in [0.717, 1.165) is 24.3 Å². The molecule has 2 aromatic carbocycles.